The quantitative estimate of drug-likeness (QED) is 0.875. The first kappa shape index (κ1) is 16.3. The molecule has 3 nitrogen and oxygen atoms in total. The van der Waals surface area contributed by atoms with E-state index in [0.717, 1.165) is 31.0 Å². The Kier molecular flexibility index (Phi) is 5.08. The van der Waals surface area contributed by atoms with Gasteiger partial charge in [-0.3, -0.25) is 4.90 Å². The molecule has 2 atom stereocenters. The maximum absolute atomic E-state index is 9.79. The van der Waals surface area contributed by atoms with E-state index in [1.54, 1.807) is 0 Å². The van der Waals surface area contributed by atoms with Crippen LogP contribution in [0.3, 0.4) is 0 Å². The molecule has 1 aliphatic carbocycles. The molecule has 1 aromatic carbocycles. The van der Waals surface area contributed by atoms with Crippen LogP contribution in [0.15, 0.2) is 24.3 Å². The molecule has 0 radical (unpaired) electrons. The number of piperidine rings is 1. The molecule has 1 aromatic rings. The van der Waals surface area contributed by atoms with Crippen LogP contribution >= 0.6 is 11.6 Å². The summed E-state index contributed by atoms with van der Waals surface area (Å²) in [4.78, 5) is 2.41. The smallest absolute Gasteiger partial charge is 0.0590 e. The van der Waals surface area contributed by atoms with E-state index < -0.39 is 0 Å². The maximum Gasteiger partial charge on any atom is 0.0590 e. The van der Waals surface area contributed by atoms with Crippen molar-refractivity contribution < 1.29 is 10.2 Å². The average Bonchev–Trinajstić information content (AvgIpc) is 2.51. The molecule has 1 saturated heterocycles. The highest BCUT2D eigenvalue weighted by Gasteiger charge is 2.42. The van der Waals surface area contributed by atoms with E-state index in [1.807, 2.05) is 12.1 Å². The number of aliphatic hydroxyl groups is 2. The SMILES string of the molecule is OCC1CCCN(CC2(c3ccc(Cl)cc3)CCC2)C1CO. The van der Waals surface area contributed by atoms with Gasteiger partial charge in [-0.2, -0.15) is 0 Å². The molecule has 2 aliphatic rings. The molecule has 1 saturated carbocycles. The number of rotatable bonds is 5. The summed E-state index contributed by atoms with van der Waals surface area (Å²) in [6.45, 7) is 2.32. The number of likely N-dealkylation sites (tertiary alicyclic amines) is 1. The van der Waals surface area contributed by atoms with Crippen LogP contribution in [0.5, 0.6) is 0 Å². The van der Waals surface area contributed by atoms with E-state index in [0.29, 0.717) is 0 Å². The van der Waals surface area contributed by atoms with Gasteiger partial charge in [-0.1, -0.05) is 30.2 Å². The van der Waals surface area contributed by atoms with Crippen molar-refractivity contribution in [1.29, 1.82) is 0 Å². The van der Waals surface area contributed by atoms with Gasteiger partial charge >= 0.3 is 0 Å². The van der Waals surface area contributed by atoms with Crippen molar-refractivity contribution in [3.8, 4) is 0 Å². The molecule has 1 heterocycles. The predicted molar refractivity (Wildman–Crippen MR) is 89.2 cm³/mol. The zero-order valence-corrected chi connectivity index (χ0v) is 13.8. The van der Waals surface area contributed by atoms with Crippen LogP contribution < -0.4 is 0 Å². The number of nitrogens with zero attached hydrogens (tertiary/aromatic N) is 1. The first-order valence-corrected chi connectivity index (χ1v) is 8.78. The van der Waals surface area contributed by atoms with Crippen molar-refractivity contribution in [3.05, 3.63) is 34.9 Å². The third kappa shape index (κ3) is 3.05. The number of hydrogen-bond acceptors (Lipinski definition) is 3. The average molecular weight is 324 g/mol. The van der Waals surface area contributed by atoms with Gasteiger partial charge in [0.1, 0.15) is 0 Å². The van der Waals surface area contributed by atoms with Crippen molar-refractivity contribution in [2.75, 3.05) is 26.3 Å². The third-order valence-corrected chi connectivity index (χ3v) is 5.98. The standard InChI is InChI=1S/C18H26ClNO2/c19-16-6-4-15(5-7-16)18(8-2-9-18)13-20-10-1-3-14(11-21)17(20)12-22/h4-7,14,17,21-22H,1-3,8-13H2. The first-order valence-electron chi connectivity index (χ1n) is 8.40. The van der Waals surface area contributed by atoms with Gasteiger partial charge in [0, 0.05) is 29.6 Å². The van der Waals surface area contributed by atoms with Crippen LogP contribution in [0.25, 0.3) is 0 Å². The molecular formula is C18H26ClNO2. The number of hydrogen-bond donors (Lipinski definition) is 2. The Morgan fingerprint density at radius 3 is 2.36 bits per heavy atom. The minimum Gasteiger partial charge on any atom is -0.396 e. The van der Waals surface area contributed by atoms with Crippen LogP contribution in [0, 0.1) is 5.92 Å². The van der Waals surface area contributed by atoms with E-state index in [2.05, 4.69) is 17.0 Å². The molecule has 0 bridgehead atoms. The molecule has 2 N–H and O–H groups in total. The Balaban J connectivity index is 1.78. The number of benzene rings is 1. The summed E-state index contributed by atoms with van der Waals surface area (Å²) in [5.41, 5.74) is 1.57. The zero-order chi connectivity index (χ0) is 15.6. The predicted octanol–water partition coefficient (Wildman–Crippen LogP) is 2.83. The maximum atomic E-state index is 9.79. The molecular weight excluding hydrogens is 298 g/mol. The molecule has 2 unspecified atom stereocenters. The Morgan fingerprint density at radius 2 is 1.82 bits per heavy atom. The highest BCUT2D eigenvalue weighted by atomic mass is 35.5. The second kappa shape index (κ2) is 6.88. The summed E-state index contributed by atoms with van der Waals surface area (Å²) in [6.07, 6.45) is 5.80. The minimum atomic E-state index is 0.100. The van der Waals surface area contributed by atoms with Gasteiger partial charge in [0.05, 0.1) is 6.61 Å². The zero-order valence-electron chi connectivity index (χ0n) is 13.0. The van der Waals surface area contributed by atoms with Crippen LogP contribution in [0.4, 0.5) is 0 Å². The topological polar surface area (TPSA) is 43.7 Å². The fraction of sp³-hybridized carbons (Fsp3) is 0.667. The summed E-state index contributed by atoms with van der Waals surface area (Å²) < 4.78 is 0. The molecule has 1 aliphatic heterocycles. The van der Waals surface area contributed by atoms with Crippen LogP contribution in [-0.2, 0) is 5.41 Å². The van der Waals surface area contributed by atoms with Crippen molar-refractivity contribution in [2.45, 2.75) is 43.6 Å². The Labute approximate surface area is 137 Å². The van der Waals surface area contributed by atoms with Crippen molar-refractivity contribution in [2.24, 2.45) is 5.92 Å². The Morgan fingerprint density at radius 1 is 1.09 bits per heavy atom. The van der Waals surface area contributed by atoms with E-state index >= 15 is 0 Å². The number of aliphatic hydroxyl groups excluding tert-OH is 2. The fourth-order valence-corrected chi connectivity index (χ4v) is 4.35. The van der Waals surface area contributed by atoms with E-state index in [4.69, 9.17) is 11.6 Å². The van der Waals surface area contributed by atoms with Gasteiger partial charge in [-0.15, -0.1) is 0 Å². The van der Waals surface area contributed by atoms with E-state index in [-0.39, 0.29) is 30.6 Å². The molecule has 122 valence electrons. The van der Waals surface area contributed by atoms with Crippen LogP contribution in [-0.4, -0.2) is 47.5 Å². The van der Waals surface area contributed by atoms with Gasteiger partial charge < -0.3 is 10.2 Å². The van der Waals surface area contributed by atoms with Gasteiger partial charge in [0.15, 0.2) is 0 Å². The highest BCUT2D eigenvalue weighted by molar-refractivity contribution is 6.30. The fourth-order valence-electron chi connectivity index (χ4n) is 4.22. The van der Waals surface area contributed by atoms with Crippen LogP contribution in [0.1, 0.15) is 37.7 Å². The molecule has 2 fully saturated rings. The van der Waals surface area contributed by atoms with Gasteiger partial charge in [0.25, 0.3) is 0 Å². The summed E-state index contributed by atoms with van der Waals surface area (Å²) in [5, 5.41) is 20.1. The monoisotopic (exact) mass is 323 g/mol. The molecule has 3 rings (SSSR count). The number of halogens is 1. The lowest BCUT2D eigenvalue weighted by Crippen LogP contribution is -2.55. The van der Waals surface area contributed by atoms with E-state index in [1.165, 1.54) is 24.8 Å². The Hall–Kier alpha value is -0.610. The van der Waals surface area contributed by atoms with Gasteiger partial charge in [-0.25, -0.2) is 0 Å². The molecule has 0 aromatic heterocycles. The molecule has 4 heteroatoms. The first-order chi connectivity index (χ1) is 10.7. The summed E-state index contributed by atoms with van der Waals surface area (Å²) in [5.74, 6) is 0.209. The Bertz CT molecular complexity index is 486. The largest absolute Gasteiger partial charge is 0.396 e. The van der Waals surface area contributed by atoms with Crippen LogP contribution in [0.2, 0.25) is 5.02 Å². The van der Waals surface area contributed by atoms with Crippen molar-refractivity contribution in [3.63, 3.8) is 0 Å². The lowest BCUT2D eigenvalue weighted by Gasteiger charge is -2.50. The molecule has 0 spiro atoms. The summed E-state index contributed by atoms with van der Waals surface area (Å²) >= 11 is 6.03. The van der Waals surface area contributed by atoms with Crippen molar-refractivity contribution >= 4 is 11.6 Å². The summed E-state index contributed by atoms with van der Waals surface area (Å²) in [6, 6.07) is 8.37. The third-order valence-electron chi connectivity index (χ3n) is 5.73. The highest BCUT2D eigenvalue weighted by Crippen LogP contribution is 2.45. The normalized spacial score (nSPS) is 28.3. The van der Waals surface area contributed by atoms with Gasteiger partial charge in [-0.05, 0) is 55.8 Å². The summed E-state index contributed by atoms with van der Waals surface area (Å²) in [7, 11) is 0. The molecule has 22 heavy (non-hydrogen) atoms. The second-order valence-electron chi connectivity index (χ2n) is 6.95. The second-order valence-corrected chi connectivity index (χ2v) is 7.38. The van der Waals surface area contributed by atoms with E-state index in [9.17, 15) is 10.2 Å². The van der Waals surface area contributed by atoms with Crippen molar-refractivity contribution in [1.82, 2.24) is 4.90 Å². The minimum absolute atomic E-state index is 0.100. The lowest BCUT2D eigenvalue weighted by atomic mass is 9.63. The lowest BCUT2D eigenvalue weighted by molar-refractivity contribution is -0.00311. The molecule has 0 amide bonds. The van der Waals surface area contributed by atoms with Gasteiger partial charge in [0.2, 0.25) is 0 Å².